The van der Waals surface area contributed by atoms with Gasteiger partial charge in [0, 0.05) is 6.54 Å². The lowest BCUT2D eigenvalue weighted by Crippen LogP contribution is -2.59. The van der Waals surface area contributed by atoms with Crippen LogP contribution < -0.4 is 33.2 Å². The van der Waals surface area contributed by atoms with Crippen LogP contribution >= 0.6 is 0 Å². The number of carbonyl (C=O) groups is 5. The highest BCUT2D eigenvalue weighted by atomic mass is 16.4. The Bertz CT molecular complexity index is 784. The van der Waals surface area contributed by atoms with Crippen molar-refractivity contribution in [2.24, 2.45) is 34.0 Å². The highest BCUT2D eigenvalue weighted by Gasteiger charge is 2.34. The number of nitrogens with one attached hydrogen (secondary N) is 3. The summed E-state index contributed by atoms with van der Waals surface area (Å²) >= 11 is 0. The fourth-order valence-corrected chi connectivity index (χ4v) is 3.03. The van der Waals surface area contributed by atoms with Gasteiger partial charge in [0.2, 0.25) is 17.7 Å². The summed E-state index contributed by atoms with van der Waals surface area (Å²) in [6, 6.07) is -4.90. The van der Waals surface area contributed by atoms with Gasteiger partial charge in [0.1, 0.15) is 18.1 Å². The average molecular weight is 502 g/mol. The molecule has 0 aliphatic carbocycles. The number of carboxylic acid groups (broad SMARTS) is 2. The number of carboxylic acids is 2. The molecule has 0 rings (SSSR count). The Morgan fingerprint density at radius 2 is 1.46 bits per heavy atom. The van der Waals surface area contributed by atoms with E-state index in [1.807, 2.05) is 0 Å². The highest BCUT2D eigenvalue weighted by molar-refractivity contribution is 5.95. The first-order chi connectivity index (χ1) is 16.2. The van der Waals surface area contributed by atoms with Gasteiger partial charge < -0.3 is 43.4 Å². The van der Waals surface area contributed by atoms with Gasteiger partial charge in [-0.3, -0.25) is 24.2 Å². The van der Waals surface area contributed by atoms with Crippen molar-refractivity contribution in [3.8, 4) is 0 Å². The van der Waals surface area contributed by atoms with Crippen LogP contribution in [0.25, 0.3) is 0 Å². The molecule has 0 saturated carbocycles. The van der Waals surface area contributed by atoms with Crippen LogP contribution in [0.3, 0.4) is 0 Å². The number of hydrogen-bond acceptors (Lipinski definition) is 7. The van der Waals surface area contributed by atoms with Crippen molar-refractivity contribution in [1.29, 1.82) is 0 Å². The molecule has 0 aromatic heterocycles. The molecular formula is C21H39N7O7. The van der Waals surface area contributed by atoms with Gasteiger partial charge in [0.15, 0.2) is 5.96 Å². The molecule has 5 atom stereocenters. The summed E-state index contributed by atoms with van der Waals surface area (Å²) in [4.78, 5) is 64.7. The molecule has 35 heavy (non-hydrogen) atoms. The van der Waals surface area contributed by atoms with Gasteiger partial charge in [-0.05, 0) is 24.7 Å². The predicted molar refractivity (Wildman–Crippen MR) is 128 cm³/mol. The first-order valence-corrected chi connectivity index (χ1v) is 11.4. The first-order valence-electron chi connectivity index (χ1n) is 11.4. The number of carbonyl (C=O) groups excluding carboxylic acids is 3. The number of aliphatic imine (C=N–C) groups is 1. The number of hydrogen-bond donors (Lipinski definition) is 8. The lowest BCUT2D eigenvalue weighted by Gasteiger charge is -2.28. The van der Waals surface area contributed by atoms with E-state index < -0.39 is 72.1 Å². The molecule has 0 aliphatic heterocycles. The number of rotatable bonds is 16. The molecule has 0 aromatic carbocycles. The topological polar surface area (TPSA) is 252 Å². The predicted octanol–water partition coefficient (Wildman–Crippen LogP) is -1.92. The molecule has 14 heteroatoms. The normalized spacial score (nSPS) is 15.1. The molecule has 0 aliphatic rings. The van der Waals surface area contributed by atoms with Crippen LogP contribution in [-0.4, -0.2) is 76.5 Å². The smallest absolute Gasteiger partial charge is 0.326 e. The fraction of sp³-hybridized carbons (Fsp3) is 0.714. The molecule has 0 bridgehead atoms. The monoisotopic (exact) mass is 501 g/mol. The molecule has 11 N–H and O–H groups in total. The van der Waals surface area contributed by atoms with Crippen molar-refractivity contribution >= 4 is 35.6 Å². The van der Waals surface area contributed by atoms with Crippen LogP contribution in [0, 0.1) is 11.8 Å². The van der Waals surface area contributed by atoms with Crippen LogP contribution in [0.1, 0.15) is 53.4 Å². The molecular weight excluding hydrogens is 462 g/mol. The van der Waals surface area contributed by atoms with Crippen molar-refractivity contribution in [3.05, 3.63) is 0 Å². The third-order valence-electron chi connectivity index (χ3n) is 5.34. The van der Waals surface area contributed by atoms with E-state index in [9.17, 15) is 34.2 Å². The van der Waals surface area contributed by atoms with Crippen LogP contribution in [0.4, 0.5) is 0 Å². The van der Waals surface area contributed by atoms with Gasteiger partial charge in [-0.1, -0.05) is 34.1 Å². The molecule has 0 heterocycles. The summed E-state index contributed by atoms with van der Waals surface area (Å²) in [5.41, 5.74) is 16.3. The van der Waals surface area contributed by atoms with Gasteiger partial charge in [-0.25, -0.2) is 4.79 Å². The SMILES string of the molecule is CCC(C)C(NC(=O)C(CC(=O)O)NC(=O)C(N)CCCN=C(N)N)C(=O)NC(C(=O)O)C(C)C. The first kappa shape index (κ1) is 31.6. The molecule has 5 unspecified atom stereocenters. The largest absolute Gasteiger partial charge is 0.481 e. The maximum atomic E-state index is 12.9. The van der Waals surface area contributed by atoms with E-state index in [1.165, 1.54) is 0 Å². The van der Waals surface area contributed by atoms with Crippen molar-refractivity contribution in [3.63, 3.8) is 0 Å². The van der Waals surface area contributed by atoms with Gasteiger partial charge in [0.05, 0.1) is 12.5 Å². The van der Waals surface area contributed by atoms with E-state index in [2.05, 4.69) is 20.9 Å². The lowest BCUT2D eigenvalue weighted by atomic mass is 9.96. The molecule has 14 nitrogen and oxygen atoms in total. The molecule has 0 saturated heterocycles. The van der Waals surface area contributed by atoms with E-state index in [4.69, 9.17) is 17.2 Å². The lowest BCUT2D eigenvalue weighted by molar-refractivity contribution is -0.144. The second kappa shape index (κ2) is 15.5. The quantitative estimate of drug-likeness (QED) is 0.0661. The number of guanidine groups is 1. The summed E-state index contributed by atoms with van der Waals surface area (Å²) in [5.74, 6) is -5.93. The molecule has 0 fully saturated rings. The minimum atomic E-state index is -1.51. The number of amides is 3. The van der Waals surface area contributed by atoms with Gasteiger partial charge >= 0.3 is 11.9 Å². The summed E-state index contributed by atoms with van der Waals surface area (Å²) in [6.45, 7) is 6.92. The Morgan fingerprint density at radius 1 is 0.886 bits per heavy atom. The summed E-state index contributed by atoms with van der Waals surface area (Å²) < 4.78 is 0. The second-order valence-corrected chi connectivity index (χ2v) is 8.65. The van der Waals surface area contributed by atoms with Gasteiger partial charge in [-0.15, -0.1) is 0 Å². The molecule has 3 amide bonds. The highest BCUT2D eigenvalue weighted by Crippen LogP contribution is 2.11. The van der Waals surface area contributed by atoms with E-state index in [-0.39, 0.29) is 18.9 Å². The zero-order valence-corrected chi connectivity index (χ0v) is 20.6. The third kappa shape index (κ3) is 12.0. The Balaban J connectivity index is 5.45. The summed E-state index contributed by atoms with van der Waals surface area (Å²) in [5, 5.41) is 25.7. The zero-order valence-electron chi connectivity index (χ0n) is 20.6. The summed E-state index contributed by atoms with van der Waals surface area (Å²) in [6.07, 6.45) is 0.248. The average Bonchev–Trinajstić information content (AvgIpc) is 2.76. The number of aliphatic carboxylic acids is 2. The van der Waals surface area contributed by atoms with Gasteiger partial charge in [0.25, 0.3) is 0 Å². The van der Waals surface area contributed by atoms with Crippen molar-refractivity contribution in [2.45, 2.75) is 77.5 Å². The Morgan fingerprint density at radius 3 is 1.91 bits per heavy atom. The van der Waals surface area contributed by atoms with Crippen LogP contribution in [-0.2, 0) is 24.0 Å². The molecule has 200 valence electrons. The maximum Gasteiger partial charge on any atom is 0.326 e. The minimum absolute atomic E-state index is 0.107. The van der Waals surface area contributed by atoms with Crippen LogP contribution in [0.5, 0.6) is 0 Å². The van der Waals surface area contributed by atoms with E-state index in [1.54, 1.807) is 27.7 Å². The Kier molecular flexibility index (Phi) is 14.0. The standard InChI is InChI=1S/C21H39N7O7/c1-5-11(4)16(19(33)27-15(10(2)3)20(34)35)28-18(32)13(9-14(29)30)26-17(31)12(22)7-6-8-25-21(23)24/h10-13,15-16H,5-9,22H2,1-4H3,(H,26,31)(H,27,33)(H,28,32)(H,29,30)(H,34,35)(H4,23,24,25). The Labute approximate surface area is 204 Å². The second-order valence-electron chi connectivity index (χ2n) is 8.65. The summed E-state index contributed by atoms with van der Waals surface area (Å²) in [7, 11) is 0. The van der Waals surface area contributed by atoms with E-state index in [0.29, 0.717) is 12.8 Å². The maximum absolute atomic E-state index is 12.9. The van der Waals surface area contributed by atoms with E-state index in [0.717, 1.165) is 0 Å². The van der Waals surface area contributed by atoms with Crippen LogP contribution in [0.15, 0.2) is 4.99 Å². The number of nitrogens with two attached hydrogens (primary N) is 3. The van der Waals surface area contributed by atoms with Crippen molar-refractivity contribution < 1.29 is 34.2 Å². The molecule has 0 spiro atoms. The zero-order chi connectivity index (χ0) is 27.3. The van der Waals surface area contributed by atoms with Crippen molar-refractivity contribution in [1.82, 2.24) is 16.0 Å². The molecule has 0 aromatic rings. The van der Waals surface area contributed by atoms with Gasteiger partial charge in [-0.2, -0.15) is 0 Å². The fourth-order valence-electron chi connectivity index (χ4n) is 3.03. The van der Waals surface area contributed by atoms with Crippen molar-refractivity contribution in [2.75, 3.05) is 6.54 Å². The third-order valence-corrected chi connectivity index (χ3v) is 5.34. The van der Waals surface area contributed by atoms with Crippen LogP contribution in [0.2, 0.25) is 0 Å². The Hall–Kier alpha value is -3.42. The number of nitrogens with zero attached hydrogens (tertiary/aromatic N) is 1. The molecule has 0 radical (unpaired) electrons. The van der Waals surface area contributed by atoms with E-state index >= 15 is 0 Å². The minimum Gasteiger partial charge on any atom is -0.481 e.